The highest BCUT2D eigenvalue weighted by atomic mass is 35.5. The summed E-state index contributed by atoms with van der Waals surface area (Å²) in [4.78, 5) is 23.2. The van der Waals surface area contributed by atoms with Gasteiger partial charge in [-0.25, -0.2) is 0 Å². The molecular weight excluding hydrogens is 278 g/mol. The second-order valence-electron chi connectivity index (χ2n) is 4.30. The lowest BCUT2D eigenvalue weighted by Gasteiger charge is -2.12. The molecular formula is C14H20ClN3O2. The number of anilines is 1. The Bertz CT molecular complexity index is 477. The van der Waals surface area contributed by atoms with Crippen molar-refractivity contribution in [2.45, 2.75) is 19.8 Å². The van der Waals surface area contributed by atoms with Crippen LogP contribution in [-0.4, -0.2) is 32.0 Å². The van der Waals surface area contributed by atoms with E-state index >= 15 is 0 Å². The Kier molecular flexibility index (Phi) is 6.87. The molecule has 1 aromatic carbocycles. The van der Waals surface area contributed by atoms with Gasteiger partial charge < -0.3 is 16.0 Å². The average molecular weight is 298 g/mol. The molecule has 0 atom stereocenters. The molecule has 0 radical (unpaired) electrons. The van der Waals surface area contributed by atoms with Crippen molar-refractivity contribution in [3.8, 4) is 0 Å². The molecule has 3 N–H and O–H groups in total. The van der Waals surface area contributed by atoms with Crippen molar-refractivity contribution in [2.75, 3.05) is 25.5 Å². The van der Waals surface area contributed by atoms with Gasteiger partial charge in [0.05, 0.1) is 5.56 Å². The van der Waals surface area contributed by atoms with Crippen LogP contribution in [0.5, 0.6) is 0 Å². The third-order valence-electron chi connectivity index (χ3n) is 2.71. The molecule has 0 aliphatic heterocycles. The first-order valence-electron chi connectivity index (χ1n) is 6.60. The van der Waals surface area contributed by atoms with E-state index in [2.05, 4.69) is 16.0 Å². The molecule has 0 aliphatic carbocycles. The molecule has 0 saturated carbocycles. The lowest BCUT2D eigenvalue weighted by molar-refractivity contribution is -0.120. The maximum absolute atomic E-state index is 12.1. The number of nitrogens with one attached hydrogen (secondary N) is 3. The van der Waals surface area contributed by atoms with Gasteiger partial charge in [-0.05, 0) is 24.6 Å². The van der Waals surface area contributed by atoms with Crippen LogP contribution in [0.4, 0.5) is 5.69 Å². The van der Waals surface area contributed by atoms with Crippen LogP contribution in [0.2, 0.25) is 5.02 Å². The molecule has 110 valence electrons. The van der Waals surface area contributed by atoms with Gasteiger partial charge in [0.15, 0.2) is 0 Å². The molecule has 0 fully saturated rings. The minimum absolute atomic E-state index is 0.110. The first-order valence-corrected chi connectivity index (χ1v) is 6.98. The molecule has 6 heteroatoms. The van der Waals surface area contributed by atoms with Crippen molar-refractivity contribution in [1.29, 1.82) is 0 Å². The largest absolute Gasteiger partial charge is 0.384 e. The summed E-state index contributed by atoms with van der Waals surface area (Å²) in [5.74, 6) is -0.351. The van der Waals surface area contributed by atoms with E-state index in [0.717, 1.165) is 18.7 Å². The molecule has 1 rings (SSSR count). The molecule has 0 heterocycles. The fourth-order valence-corrected chi connectivity index (χ4v) is 1.80. The van der Waals surface area contributed by atoms with Crippen molar-refractivity contribution >= 4 is 29.1 Å². The average Bonchev–Trinajstić information content (AvgIpc) is 2.45. The van der Waals surface area contributed by atoms with E-state index < -0.39 is 0 Å². The Labute approximate surface area is 124 Å². The number of hydrogen-bond donors (Lipinski definition) is 3. The first kappa shape index (κ1) is 16.3. The number of rotatable bonds is 7. The molecule has 2 amide bonds. The second kappa shape index (κ2) is 8.43. The number of benzene rings is 1. The summed E-state index contributed by atoms with van der Waals surface area (Å²) in [5, 5.41) is 8.90. The molecule has 0 bridgehead atoms. The van der Waals surface area contributed by atoms with Crippen molar-refractivity contribution in [3.63, 3.8) is 0 Å². The maximum atomic E-state index is 12.1. The predicted octanol–water partition coefficient (Wildman–Crippen LogP) is 2.03. The Balaban J connectivity index is 2.69. The van der Waals surface area contributed by atoms with Crippen LogP contribution >= 0.6 is 11.6 Å². The standard InChI is InChI=1S/C14H20ClN3O2/c1-3-7-17-12-5-4-10(15)9-11(12)14(20)18-8-6-13(19)16-2/h4-5,9,17H,3,6-8H2,1-2H3,(H,16,19)(H,18,20). The van der Waals surface area contributed by atoms with Crippen molar-refractivity contribution in [1.82, 2.24) is 10.6 Å². The van der Waals surface area contributed by atoms with Gasteiger partial charge in [0.25, 0.3) is 5.91 Å². The van der Waals surface area contributed by atoms with Crippen LogP contribution in [0.1, 0.15) is 30.1 Å². The number of halogens is 1. The SMILES string of the molecule is CCCNc1ccc(Cl)cc1C(=O)NCCC(=O)NC. The van der Waals surface area contributed by atoms with Crippen LogP contribution in [0.15, 0.2) is 18.2 Å². The first-order chi connectivity index (χ1) is 9.58. The summed E-state index contributed by atoms with van der Waals surface area (Å²) >= 11 is 5.93. The van der Waals surface area contributed by atoms with Gasteiger partial charge in [-0.2, -0.15) is 0 Å². The summed E-state index contributed by atoms with van der Waals surface area (Å²) < 4.78 is 0. The zero-order chi connectivity index (χ0) is 15.0. The van der Waals surface area contributed by atoms with E-state index in [1.807, 2.05) is 6.92 Å². The lowest BCUT2D eigenvalue weighted by Crippen LogP contribution is -2.29. The molecule has 0 spiro atoms. The molecule has 0 saturated heterocycles. The van der Waals surface area contributed by atoms with Gasteiger partial charge in [0.2, 0.25) is 5.91 Å². The molecule has 20 heavy (non-hydrogen) atoms. The van der Waals surface area contributed by atoms with E-state index in [9.17, 15) is 9.59 Å². The van der Waals surface area contributed by atoms with Crippen LogP contribution in [0.25, 0.3) is 0 Å². The highest BCUT2D eigenvalue weighted by molar-refractivity contribution is 6.31. The van der Waals surface area contributed by atoms with E-state index in [1.54, 1.807) is 25.2 Å². The van der Waals surface area contributed by atoms with Crippen LogP contribution in [0, 0.1) is 0 Å². The van der Waals surface area contributed by atoms with E-state index in [0.29, 0.717) is 10.6 Å². The normalized spacial score (nSPS) is 9.95. The number of carbonyl (C=O) groups is 2. The van der Waals surface area contributed by atoms with Crippen LogP contribution in [-0.2, 0) is 4.79 Å². The molecule has 0 aromatic heterocycles. The molecule has 1 aromatic rings. The van der Waals surface area contributed by atoms with Gasteiger partial charge >= 0.3 is 0 Å². The van der Waals surface area contributed by atoms with Gasteiger partial charge in [-0.3, -0.25) is 9.59 Å². The van der Waals surface area contributed by atoms with Crippen molar-refractivity contribution in [3.05, 3.63) is 28.8 Å². The van der Waals surface area contributed by atoms with Crippen LogP contribution in [0.3, 0.4) is 0 Å². The Hall–Kier alpha value is -1.75. The summed E-state index contributed by atoms with van der Waals surface area (Å²) in [5.41, 5.74) is 1.23. The van der Waals surface area contributed by atoms with Gasteiger partial charge in [-0.15, -0.1) is 0 Å². The fourth-order valence-electron chi connectivity index (χ4n) is 1.63. The summed E-state index contributed by atoms with van der Waals surface area (Å²) in [7, 11) is 1.56. The van der Waals surface area contributed by atoms with Crippen molar-refractivity contribution < 1.29 is 9.59 Å². The quantitative estimate of drug-likeness (QED) is 0.721. The third-order valence-corrected chi connectivity index (χ3v) is 2.94. The number of carbonyl (C=O) groups excluding carboxylic acids is 2. The van der Waals surface area contributed by atoms with E-state index in [1.165, 1.54) is 0 Å². The highest BCUT2D eigenvalue weighted by Gasteiger charge is 2.12. The van der Waals surface area contributed by atoms with E-state index in [4.69, 9.17) is 11.6 Å². The van der Waals surface area contributed by atoms with Gasteiger partial charge in [-0.1, -0.05) is 18.5 Å². The Morgan fingerprint density at radius 3 is 2.65 bits per heavy atom. The zero-order valence-electron chi connectivity index (χ0n) is 11.8. The second-order valence-corrected chi connectivity index (χ2v) is 4.73. The monoisotopic (exact) mass is 297 g/mol. The molecule has 0 unspecified atom stereocenters. The van der Waals surface area contributed by atoms with E-state index in [-0.39, 0.29) is 24.8 Å². The Morgan fingerprint density at radius 2 is 2.00 bits per heavy atom. The van der Waals surface area contributed by atoms with Gasteiger partial charge in [0.1, 0.15) is 0 Å². The number of hydrogen-bond acceptors (Lipinski definition) is 3. The van der Waals surface area contributed by atoms with Gasteiger partial charge in [0, 0.05) is 37.3 Å². The minimum Gasteiger partial charge on any atom is -0.384 e. The molecule has 5 nitrogen and oxygen atoms in total. The predicted molar refractivity (Wildman–Crippen MR) is 81.2 cm³/mol. The highest BCUT2D eigenvalue weighted by Crippen LogP contribution is 2.20. The Morgan fingerprint density at radius 1 is 1.25 bits per heavy atom. The minimum atomic E-state index is -0.241. The van der Waals surface area contributed by atoms with Crippen LogP contribution < -0.4 is 16.0 Å². The maximum Gasteiger partial charge on any atom is 0.253 e. The lowest BCUT2D eigenvalue weighted by atomic mass is 10.1. The summed E-state index contributed by atoms with van der Waals surface area (Å²) in [6.07, 6.45) is 1.21. The third kappa shape index (κ3) is 5.09. The smallest absolute Gasteiger partial charge is 0.253 e. The summed E-state index contributed by atoms with van der Waals surface area (Å²) in [6, 6.07) is 5.14. The summed E-state index contributed by atoms with van der Waals surface area (Å²) in [6.45, 7) is 3.12. The topological polar surface area (TPSA) is 70.2 Å². The molecule has 0 aliphatic rings. The zero-order valence-corrected chi connectivity index (χ0v) is 12.5. The van der Waals surface area contributed by atoms with Crippen molar-refractivity contribution in [2.24, 2.45) is 0 Å². The number of amides is 2. The fraction of sp³-hybridized carbons (Fsp3) is 0.429.